The topological polar surface area (TPSA) is 103 Å². The summed E-state index contributed by atoms with van der Waals surface area (Å²) >= 11 is 6.16. The van der Waals surface area contributed by atoms with Gasteiger partial charge in [0, 0.05) is 23.7 Å². The number of carbonyl (C=O) groups is 3. The number of hydrogen-bond acceptors (Lipinski definition) is 6. The highest BCUT2D eigenvalue weighted by molar-refractivity contribution is 6.30. The van der Waals surface area contributed by atoms with Gasteiger partial charge in [0.05, 0.1) is 27.1 Å². The predicted octanol–water partition coefficient (Wildman–Crippen LogP) is 3.06. The van der Waals surface area contributed by atoms with Gasteiger partial charge in [-0.25, -0.2) is 9.78 Å². The summed E-state index contributed by atoms with van der Waals surface area (Å²) in [6, 6.07) is 14.4. The summed E-state index contributed by atoms with van der Waals surface area (Å²) < 4.78 is 11.7. The number of methoxy groups -OCH3 is 2. The lowest BCUT2D eigenvalue weighted by molar-refractivity contribution is -0.133. The van der Waals surface area contributed by atoms with E-state index in [0.29, 0.717) is 10.8 Å². The van der Waals surface area contributed by atoms with Gasteiger partial charge in [-0.3, -0.25) is 9.59 Å². The van der Waals surface area contributed by atoms with Crippen LogP contribution in [0.2, 0.25) is 5.02 Å². The van der Waals surface area contributed by atoms with Crippen molar-refractivity contribution in [3.05, 3.63) is 82.4 Å². The number of halogens is 1. The molecule has 2 amide bonds. The van der Waals surface area contributed by atoms with Crippen LogP contribution in [-0.2, 0) is 29.2 Å². The molecule has 1 atom stereocenters. The third kappa shape index (κ3) is 4.59. The van der Waals surface area contributed by atoms with Crippen molar-refractivity contribution in [2.75, 3.05) is 14.2 Å². The van der Waals surface area contributed by atoms with E-state index >= 15 is 0 Å². The number of nitrogens with one attached hydrogen (secondary N) is 1. The van der Waals surface area contributed by atoms with E-state index in [1.54, 1.807) is 32.2 Å². The van der Waals surface area contributed by atoms with Gasteiger partial charge in [-0.2, -0.15) is 0 Å². The van der Waals surface area contributed by atoms with Crippen molar-refractivity contribution >= 4 is 29.4 Å². The Morgan fingerprint density at radius 2 is 1.94 bits per heavy atom. The van der Waals surface area contributed by atoms with Gasteiger partial charge in [-0.15, -0.1) is 0 Å². The summed E-state index contributed by atoms with van der Waals surface area (Å²) in [7, 11) is 2.79. The molecule has 0 radical (unpaired) electrons. The Labute approximate surface area is 207 Å². The van der Waals surface area contributed by atoms with Gasteiger partial charge in [0.25, 0.3) is 5.91 Å². The number of imidazole rings is 1. The second-order valence-electron chi connectivity index (χ2n) is 8.35. The molecule has 182 valence electrons. The average Bonchev–Trinajstić information content (AvgIpc) is 3.28. The Bertz CT molecular complexity index is 1290. The van der Waals surface area contributed by atoms with Gasteiger partial charge >= 0.3 is 5.97 Å². The molecule has 9 nitrogen and oxygen atoms in total. The maximum absolute atomic E-state index is 13.7. The fourth-order valence-corrected chi connectivity index (χ4v) is 4.43. The fourth-order valence-electron chi connectivity index (χ4n) is 4.21. The summed E-state index contributed by atoms with van der Waals surface area (Å²) in [4.78, 5) is 45.1. The van der Waals surface area contributed by atoms with Crippen molar-refractivity contribution < 1.29 is 23.9 Å². The molecule has 1 aliphatic heterocycles. The molecule has 0 fully saturated rings. The lowest BCUT2D eigenvalue weighted by Crippen LogP contribution is -2.63. The van der Waals surface area contributed by atoms with E-state index in [2.05, 4.69) is 10.3 Å². The van der Waals surface area contributed by atoms with Crippen molar-refractivity contribution in [1.82, 2.24) is 19.8 Å². The lowest BCUT2D eigenvalue weighted by Gasteiger charge is -2.43. The van der Waals surface area contributed by atoms with E-state index in [1.807, 2.05) is 30.3 Å². The highest BCUT2D eigenvalue weighted by Gasteiger charge is 2.49. The molecule has 3 aromatic rings. The molecule has 0 spiro atoms. The van der Waals surface area contributed by atoms with Gasteiger partial charge in [0.1, 0.15) is 17.0 Å². The Balaban J connectivity index is 1.70. The van der Waals surface area contributed by atoms with E-state index < -0.39 is 17.4 Å². The second kappa shape index (κ2) is 9.79. The lowest BCUT2D eigenvalue weighted by atomic mass is 9.93. The third-order valence-electron chi connectivity index (χ3n) is 6.09. The van der Waals surface area contributed by atoms with Gasteiger partial charge < -0.3 is 24.3 Å². The normalized spacial score (nSPS) is 17.0. The molecular weight excluding hydrogens is 472 g/mol. The SMILES string of the molecule is COC(=O)c1ncn2c1C(=O)N(Cc1cccc(Cl)c1)[C@](C)(C(=O)NCc1ccccc1OC)C2. The number of carbonyl (C=O) groups excluding carboxylic acids is 3. The summed E-state index contributed by atoms with van der Waals surface area (Å²) in [5.41, 5.74) is 0.232. The number of hydrogen-bond donors (Lipinski definition) is 1. The van der Waals surface area contributed by atoms with Crippen molar-refractivity contribution in [2.45, 2.75) is 32.1 Å². The first-order valence-electron chi connectivity index (χ1n) is 10.9. The Morgan fingerprint density at radius 1 is 1.17 bits per heavy atom. The van der Waals surface area contributed by atoms with Crippen LogP contribution in [0.5, 0.6) is 5.75 Å². The highest BCUT2D eigenvalue weighted by Crippen LogP contribution is 2.31. The molecule has 10 heteroatoms. The largest absolute Gasteiger partial charge is 0.496 e. The van der Waals surface area contributed by atoms with Crippen LogP contribution in [0.3, 0.4) is 0 Å². The monoisotopic (exact) mass is 496 g/mol. The molecule has 0 saturated carbocycles. The molecule has 1 aliphatic rings. The van der Waals surface area contributed by atoms with Gasteiger partial charge in [0.15, 0.2) is 5.69 Å². The van der Waals surface area contributed by atoms with Crippen molar-refractivity contribution in [3.8, 4) is 5.75 Å². The number of ether oxygens (including phenoxy) is 2. The Kier molecular flexibility index (Phi) is 6.79. The van der Waals surface area contributed by atoms with Crippen molar-refractivity contribution in [2.24, 2.45) is 0 Å². The molecule has 2 aromatic carbocycles. The van der Waals surface area contributed by atoms with Crippen LogP contribution in [0.15, 0.2) is 54.9 Å². The molecule has 2 heterocycles. The summed E-state index contributed by atoms with van der Waals surface area (Å²) in [5.74, 6) is -0.950. The van der Waals surface area contributed by atoms with Crippen molar-refractivity contribution in [1.29, 1.82) is 0 Å². The van der Waals surface area contributed by atoms with Crippen LogP contribution in [-0.4, -0.2) is 52.0 Å². The number of fused-ring (bicyclic) bond motifs is 1. The fraction of sp³-hybridized carbons (Fsp3) is 0.280. The van der Waals surface area contributed by atoms with E-state index in [9.17, 15) is 14.4 Å². The average molecular weight is 497 g/mol. The number of rotatable bonds is 7. The number of aromatic nitrogens is 2. The molecule has 1 aromatic heterocycles. The number of nitrogens with zero attached hydrogens (tertiary/aromatic N) is 3. The van der Waals surface area contributed by atoms with E-state index in [1.165, 1.54) is 22.9 Å². The van der Waals surface area contributed by atoms with Gasteiger partial charge in [-0.05, 0) is 30.7 Å². The summed E-state index contributed by atoms with van der Waals surface area (Å²) in [6.07, 6.45) is 1.38. The second-order valence-corrected chi connectivity index (χ2v) is 8.79. The first-order valence-corrected chi connectivity index (χ1v) is 11.3. The van der Waals surface area contributed by atoms with Gasteiger partial charge in [0.2, 0.25) is 5.91 Å². The number of esters is 1. The first-order chi connectivity index (χ1) is 16.8. The number of amides is 2. The van der Waals surface area contributed by atoms with Crippen LogP contribution in [0.1, 0.15) is 39.0 Å². The maximum atomic E-state index is 13.7. The zero-order valence-electron chi connectivity index (χ0n) is 19.6. The molecular formula is C25H25ClN4O5. The van der Waals surface area contributed by atoms with E-state index in [4.69, 9.17) is 21.1 Å². The minimum Gasteiger partial charge on any atom is -0.496 e. The Morgan fingerprint density at radius 3 is 2.66 bits per heavy atom. The molecule has 35 heavy (non-hydrogen) atoms. The zero-order chi connectivity index (χ0) is 25.2. The molecule has 0 saturated heterocycles. The molecule has 1 N–H and O–H groups in total. The van der Waals surface area contributed by atoms with Crippen LogP contribution >= 0.6 is 11.6 Å². The van der Waals surface area contributed by atoms with E-state index in [0.717, 1.165) is 11.1 Å². The number of benzene rings is 2. The Hall–Kier alpha value is -3.85. The third-order valence-corrected chi connectivity index (χ3v) is 6.32. The van der Waals surface area contributed by atoms with Crippen molar-refractivity contribution in [3.63, 3.8) is 0 Å². The van der Waals surface area contributed by atoms with Crippen LogP contribution in [0.4, 0.5) is 0 Å². The first kappa shape index (κ1) is 24.3. The quantitative estimate of drug-likeness (QED) is 0.504. The molecule has 4 rings (SSSR count). The zero-order valence-corrected chi connectivity index (χ0v) is 20.3. The molecule has 0 bridgehead atoms. The number of para-hydroxylation sites is 1. The van der Waals surface area contributed by atoms with Gasteiger partial charge in [-0.1, -0.05) is 41.9 Å². The minimum atomic E-state index is -1.29. The van der Waals surface area contributed by atoms with Crippen LogP contribution in [0, 0.1) is 0 Å². The van der Waals surface area contributed by atoms with E-state index in [-0.39, 0.29) is 36.9 Å². The molecule has 0 aliphatic carbocycles. The van der Waals surface area contributed by atoms with Crippen LogP contribution < -0.4 is 10.1 Å². The summed E-state index contributed by atoms with van der Waals surface area (Å²) in [6.45, 7) is 2.09. The molecule has 0 unspecified atom stereocenters. The smallest absolute Gasteiger partial charge is 0.359 e. The standard InChI is InChI=1S/C25H25ClN4O5/c1-25(24(33)27-12-17-8-4-5-10-19(17)34-2)14-29-15-28-20(23(32)35-3)21(29)22(31)30(25)13-16-7-6-9-18(26)11-16/h4-11,15H,12-14H2,1-3H3,(H,27,33)/t25-/m0/s1. The van der Waals surface area contributed by atoms with Crippen LogP contribution in [0.25, 0.3) is 0 Å². The highest BCUT2D eigenvalue weighted by atomic mass is 35.5. The maximum Gasteiger partial charge on any atom is 0.359 e. The minimum absolute atomic E-state index is 0.0777. The summed E-state index contributed by atoms with van der Waals surface area (Å²) in [5, 5.41) is 3.45. The predicted molar refractivity (Wildman–Crippen MR) is 128 cm³/mol.